The minimum atomic E-state index is 0.874. The third-order valence-corrected chi connectivity index (χ3v) is 3.43. The summed E-state index contributed by atoms with van der Waals surface area (Å²) in [5.74, 6) is 0. The molecule has 0 saturated carbocycles. The molecule has 1 N–H and O–H groups in total. The first-order chi connectivity index (χ1) is 8.79. The Hall–Kier alpha value is -1.26. The van der Waals surface area contributed by atoms with Gasteiger partial charge in [0.15, 0.2) is 0 Å². The number of morpholine rings is 1. The smallest absolute Gasteiger partial charge is 0.0594 e. The van der Waals surface area contributed by atoms with E-state index in [4.69, 9.17) is 4.74 Å². The molecule has 1 aromatic rings. The maximum Gasteiger partial charge on any atom is 0.0594 e. The average Bonchev–Trinajstić information content (AvgIpc) is 2.46. The molecule has 0 unspecified atom stereocenters. The van der Waals surface area contributed by atoms with Crippen LogP contribution in [0.5, 0.6) is 0 Å². The maximum atomic E-state index is 5.36. The summed E-state index contributed by atoms with van der Waals surface area (Å²) < 4.78 is 5.36. The van der Waals surface area contributed by atoms with Gasteiger partial charge in [0.1, 0.15) is 0 Å². The normalized spacial score (nSPS) is 16.6. The molecule has 1 aliphatic rings. The Bertz CT molecular complexity index is 364. The fourth-order valence-electron chi connectivity index (χ4n) is 2.14. The molecule has 0 radical (unpaired) electrons. The Labute approximate surface area is 110 Å². The van der Waals surface area contributed by atoms with Gasteiger partial charge in [0, 0.05) is 51.6 Å². The number of nitrogens with zero attached hydrogens (tertiary/aromatic N) is 2. The Morgan fingerprint density at radius 3 is 2.83 bits per heavy atom. The van der Waals surface area contributed by atoms with Crippen molar-refractivity contribution in [1.29, 1.82) is 0 Å². The second-order valence-electron chi connectivity index (χ2n) is 4.68. The second-order valence-corrected chi connectivity index (χ2v) is 4.68. The van der Waals surface area contributed by atoms with E-state index in [0.29, 0.717) is 0 Å². The Kier molecular flexibility index (Phi) is 4.84. The van der Waals surface area contributed by atoms with Crippen LogP contribution in [-0.4, -0.2) is 58.4 Å². The van der Waals surface area contributed by atoms with Crippen molar-refractivity contribution >= 4 is 11.4 Å². The molecule has 0 amide bonds. The lowest BCUT2D eigenvalue weighted by molar-refractivity contribution is 0.0393. The Morgan fingerprint density at radius 1 is 1.33 bits per heavy atom. The average molecular weight is 249 g/mol. The molecular formula is C14H23N3O. The molecule has 0 bridgehead atoms. The van der Waals surface area contributed by atoms with Crippen molar-refractivity contribution in [3.05, 3.63) is 24.3 Å². The molecule has 4 heteroatoms. The van der Waals surface area contributed by atoms with Gasteiger partial charge in [-0.1, -0.05) is 6.07 Å². The molecule has 18 heavy (non-hydrogen) atoms. The summed E-state index contributed by atoms with van der Waals surface area (Å²) in [6.07, 6.45) is 0. The Morgan fingerprint density at radius 2 is 2.11 bits per heavy atom. The number of rotatable bonds is 5. The number of hydrogen-bond acceptors (Lipinski definition) is 4. The Balaban J connectivity index is 1.84. The van der Waals surface area contributed by atoms with E-state index in [0.717, 1.165) is 45.1 Å². The summed E-state index contributed by atoms with van der Waals surface area (Å²) in [5.41, 5.74) is 2.42. The summed E-state index contributed by atoms with van der Waals surface area (Å²) in [6.45, 7) is 6.02. The summed E-state index contributed by atoms with van der Waals surface area (Å²) in [4.78, 5) is 4.76. The number of likely N-dealkylation sites (N-methyl/N-ethyl adjacent to an activating group) is 1. The van der Waals surface area contributed by atoms with E-state index >= 15 is 0 Å². The van der Waals surface area contributed by atoms with Gasteiger partial charge in [-0.05, 0) is 18.2 Å². The van der Waals surface area contributed by atoms with E-state index < -0.39 is 0 Å². The van der Waals surface area contributed by atoms with E-state index in [2.05, 4.69) is 46.4 Å². The van der Waals surface area contributed by atoms with Crippen LogP contribution in [0.25, 0.3) is 0 Å². The minimum absolute atomic E-state index is 0.874. The fraction of sp³-hybridized carbons (Fsp3) is 0.571. The van der Waals surface area contributed by atoms with Gasteiger partial charge >= 0.3 is 0 Å². The summed E-state index contributed by atoms with van der Waals surface area (Å²) in [5, 5.41) is 3.17. The number of anilines is 2. The maximum absolute atomic E-state index is 5.36. The molecule has 0 atom stereocenters. The van der Waals surface area contributed by atoms with Crippen LogP contribution in [0.15, 0.2) is 24.3 Å². The molecule has 2 rings (SSSR count). The van der Waals surface area contributed by atoms with Gasteiger partial charge in [-0.2, -0.15) is 0 Å². The molecule has 1 aromatic carbocycles. The predicted molar refractivity (Wildman–Crippen MR) is 76.5 cm³/mol. The van der Waals surface area contributed by atoms with E-state index in [1.165, 1.54) is 5.69 Å². The summed E-state index contributed by atoms with van der Waals surface area (Å²) in [6, 6.07) is 8.51. The van der Waals surface area contributed by atoms with Gasteiger partial charge in [0.05, 0.1) is 13.2 Å². The first kappa shape index (κ1) is 13.2. The van der Waals surface area contributed by atoms with Crippen LogP contribution in [0.1, 0.15) is 0 Å². The van der Waals surface area contributed by atoms with Crippen LogP contribution >= 0.6 is 0 Å². The third-order valence-electron chi connectivity index (χ3n) is 3.43. The van der Waals surface area contributed by atoms with Gasteiger partial charge in [-0.25, -0.2) is 0 Å². The molecule has 0 aliphatic carbocycles. The van der Waals surface area contributed by atoms with Crippen molar-refractivity contribution in [3.8, 4) is 0 Å². The fourth-order valence-corrected chi connectivity index (χ4v) is 2.14. The zero-order valence-electron chi connectivity index (χ0n) is 11.4. The molecule has 1 heterocycles. The van der Waals surface area contributed by atoms with Crippen LogP contribution in [-0.2, 0) is 4.74 Å². The van der Waals surface area contributed by atoms with Gasteiger partial charge in [-0.15, -0.1) is 0 Å². The van der Waals surface area contributed by atoms with Crippen LogP contribution < -0.4 is 10.2 Å². The SMILES string of the molecule is CNc1cccc(N(C)CCN2CCOCC2)c1. The van der Waals surface area contributed by atoms with Gasteiger partial charge in [-0.3, -0.25) is 4.90 Å². The van der Waals surface area contributed by atoms with Crippen LogP contribution in [0.4, 0.5) is 11.4 Å². The lowest BCUT2D eigenvalue weighted by atomic mass is 10.2. The number of nitrogens with one attached hydrogen (secondary N) is 1. The van der Waals surface area contributed by atoms with Crippen molar-refractivity contribution in [3.63, 3.8) is 0 Å². The summed E-state index contributed by atoms with van der Waals surface area (Å²) in [7, 11) is 4.10. The van der Waals surface area contributed by atoms with Gasteiger partial charge in [0.2, 0.25) is 0 Å². The number of benzene rings is 1. The van der Waals surface area contributed by atoms with E-state index in [9.17, 15) is 0 Å². The van der Waals surface area contributed by atoms with Crippen LogP contribution in [0.2, 0.25) is 0 Å². The van der Waals surface area contributed by atoms with Crippen LogP contribution in [0, 0.1) is 0 Å². The van der Waals surface area contributed by atoms with Gasteiger partial charge in [0.25, 0.3) is 0 Å². The van der Waals surface area contributed by atoms with E-state index in [1.807, 2.05) is 7.05 Å². The number of ether oxygens (including phenoxy) is 1. The van der Waals surface area contributed by atoms with Crippen molar-refractivity contribution in [2.75, 3.05) is 63.7 Å². The second kappa shape index (κ2) is 6.61. The highest BCUT2D eigenvalue weighted by Gasteiger charge is 2.11. The molecular weight excluding hydrogens is 226 g/mol. The lowest BCUT2D eigenvalue weighted by Gasteiger charge is -2.29. The highest BCUT2D eigenvalue weighted by atomic mass is 16.5. The lowest BCUT2D eigenvalue weighted by Crippen LogP contribution is -2.40. The molecule has 0 aromatic heterocycles. The predicted octanol–water partition coefficient (Wildman–Crippen LogP) is 1.50. The van der Waals surface area contributed by atoms with Crippen molar-refractivity contribution in [1.82, 2.24) is 4.90 Å². The molecule has 4 nitrogen and oxygen atoms in total. The minimum Gasteiger partial charge on any atom is -0.388 e. The molecule has 1 aliphatic heterocycles. The third kappa shape index (κ3) is 3.62. The molecule has 100 valence electrons. The summed E-state index contributed by atoms with van der Waals surface area (Å²) >= 11 is 0. The topological polar surface area (TPSA) is 27.7 Å². The quantitative estimate of drug-likeness (QED) is 0.856. The van der Waals surface area contributed by atoms with E-state index in [-0.39, 0.29) is 0 Å². The first-order valence-electron chi connectivity index (χ1n) is 6.58. The van der Waals surface area contributed by atoms with Gasteiger partial charge < -0.3 is 15.0 Å². The monoisotopic (exact) mass is 249 g/mol. The molecule has 1 fully saturated rings. The van der Waals surface area contributed by atoms with Crippen molar-refractivity contribution in [2.45, 2.75) is 0 Å². The number of hydrogen-bond donors (Lipinski definition) is 1. The molecule has 0 spiro atoms. The standard InChI is InChI=1S/C14H23N3O/c1-15-13-4-3-5-14(12-13)16(2)6-7-17-8-10-18-11-9-17/h3-5,12,15H,6-11H2,1-2H3. The largest absolute Gasteiger partial charge is 0.388 e. The first-order valence-corrected chi connectivity index (χ1v) is 6.58. The van der Waals surface area contributed by atoms with Crippen LogP contribution in [0.3, 0.4) is 0 Å². The zero-order valence-corrected chi connectivity index (χ0v) is 11.4. The highest BCUT2D eigenvalue weighted by molar-refractivity contribution is 5.57. The van der Waals surface area contributed by atoms with Crippen molar-refractivity contribution < 1.29 is 4.74 Å². The van der Waals surface area contributed by atoms with E-state index in [1.54, 1.807) is 0 Å². The zero-order chi connectivity index (χ0) is 12.8. The molecule has 1 saturated heterocycles. The highest BCUT2D eigenvalue weighted by Crippen LogP contribution is 2.17. The van der Waals surface area contributed by atoms with Crippen molar-refractivity contribution in [2.24, 2.45) is 0 Å².